The summed E-state index contributed by atoms with van der Waals surface area (Å²) in [6.07, 6.45) is 0.961. The molecule has 0 saturated carbocycles. The number of allylic oxidation sites excluding steroid dienone is 1. The van der Waals surface area contributed by atoms with Crippen LogP contribution in [0.1, 0.15) is 28.3 Å². The van der Waals surface area contributed by atoms with Crippen LogP contribution in [0.15, 0.2) is 59.5 Å². The summed E-state index contributed by atoms with van der Waals surface area (Å²) in [6.45, 7) is 0. The van der Waals surface area contributed by atoms with Gasteiger partial charge in [0.05, 0.1) is 5.70 Å². The van der Waals surface area contributed by atoms with E-state index in [1.807, 2.05) is 18.4 Å². The van der Waals surface area contributed by atoms with E-state index in [1.54, 1.807) is 0 Å². The second kappa shape index (κ2) is 5.49. The molecule has 1 aromatic heterocycles. The van der Waals surface area contributed by atoms with E-state index in [1.165, 1.54) is 31.8 Å². The summed E-state index contributed by atoms with van der Waals surface area (Å²) in [5.74, 6) is 0.401. The number of nitrogens with one attached hydrogen (secondary N) is 1. The van der Waals surface area contributed by atoms with Crippen molar-refractivity contribution in [3.63, 3.8) is 0 Å². The van der Waals surface area contributed by atoms with Gasteiger partial charge < -0.3 is 5.32 Å². The molecule has 4 rings (SSSR count). The zero-order valence-electron chi connectivity index (χ0n) is 12.3. The predicted octanol–water partition coefficient (Wildman–Crippen LogP) is 5.25. The summed E-state index contributed by atoms with van der Waals surface area (Å²) in [4.78, 5) is 2.60. The van der Waals surface area contributed by atoms with Crippen LogP contribution in [-0.2, 0) is 0 Å². The molecule has 0 fully saturated rings. The Hall–Kier alpha value is -1.71. The van der Waals surface area contributed by atoms with Crippen LogP contribution in [0.2, 0.25) is 0 Å². The van der Waals surface area contributed by atoms with Crippen LogP contribution >= 0.6 is 24.0 Å². The van der Waals surface area contributed by atoms with Crippen molar-refractivity contribution in [3.05, 3.63) is 75.5 Å². The van der Waals surface area contributed by atoms with Crippen molar-refractivity contribution in [1.82, 2.24) is 5.32 Å². The van der Waals surface area contributed by atoms with Crippen LogP contribution in [-0.4, -0.2) is 7.05 Å². The van der Waals surface area contributed by atoms with Crippen molar-refractivity contribution in [2.24, 2.45) is 0 Å². The van der Waals surface area contributed by atoms with Gasteiger partial charge in [-0.1, -0.05) is 48.5 Å². The second-order valence-electron chi connectivity index (χ2n) is 5.58. The molecule has 0 radical (unpaired) electrons. The third-order valence-corrected chi connectivity index (χ3v) is 6.02. The molecule has 0 aliphatic heterocycles. The summed E-state index contributed by atoms with van der Waals surface area (Å²) in [7, 11) is 1.99. The van der Waals surface area contributed by atoms with Crippen LogP contribution in [0.3, 0.4) is 0 Å². The average Bonchev–Trinajstić information content (AvgIpc) is 2.94. The zero-order chi connectivity index (χ0) is 15.1. The fourth-order valence-electron chi connectivity index (χ4n) is 3.32. The van der Waals surface area contributed by atoms with Crippen molar-refractivity contribution in [1.29, 1.82) is 0 Å². The van der Waals surface area contributed by atoms with E-state index < -0.39 is 0 Å². The number of rotatable bonds is 2. The maximum Gasteiger partial charge on any atom is 0.0523 e. The molecule has 0 spiro atoms. The van der Waals surface area contributed by atoms with Crippen molar-refractivity contribution in [3.8, 4) is 0 Å². The first-order valence-electron chi connectivity index (χ1n) is 7.46. The van der Waals surface area contributed by atoms with E-state index in [4.69, 9.17) is 12.6 Å². The molecule has 3 aromatic rings. The molecule has 1 atom stereocenters. The number of benzene rings is 2. The first kappa shape index (κ1) is 13.9. The lowest BCUT2D eigenvalue weighted by Crippen LogP contribution is -2.15. The van der Waals surface area contributed by atoms with Crippen LogP contribution in [0, 0.1) is 0 Å². The van der Waals surface area contributed by atoms with Gasteiger partial charge in [-0.25, -0.2) is 0 Å². The smallest absolute Gasteiger partial charge is 0.0523 e. The Morgan fingerprint density at radius 2 is 1.77 bits per heavy atom. The molecule has 1 unspecified atom stereocenters. The van der Waals surface area contributed by atoms with Gasteiger partial charge in [-0.05, 0) is 18.1 Å². The largest absolute Gasteiger partial charge is 0.387 e. The minimum absolute atomic E-state index is 0.401. The Kier molecular flexibility index (Phi) is 3.47. The first-order chi connectivity index (χ1) is 10.8. The van der Waals surface area contributed by atoms with Crippen molar-refractivity contribution >= 4 is 39.7 Å². The van der Waals surface area contributed by atoms with Gasteiger partial charge in [0.15, 0.2) is 0 Å². The fourth-order valence-corrected chi connectivity index (χ4v) is 5.07. The van der Waals surface area contributed by atoms with E-state index in [2.05, 4.69) is 59.9 Å². The standard InChI is InChI=1S/C19H17NS2/c1-20-18-15(21)11-14(12-7-3-2-4-8-12)19-17(18)13-9-5-6-10-16(13)22-19/h2-10,14,20-21H,11H2,1H3. The summed E-state index contributed by atoms with van der Waals surface area (Å²) < 4.78 is 1.35. The van der Waals surface area contributed by atoms with Gasteiger partial charge in [0, 0.05) is 38.4 Å². The van der Waals surface area contributed by atoms with E-state index in [0.29, 0.717) is 5.92 Å². The van der Waals surface area contributed by atoms with Gasteiger partial charge >= 0.3 is 0 Å². The molecule has 22 heavy (non-hydrogen) atoms. The highest BCUT2D eigenvalue weighted by Crippen LogP contribution is 2.49. The molecule has 3 heteroatoms. The van der Waals surface area contributed by atoms with Gasteiger partial charge in [0.1, 0.15) is 0 Å². The number of fused-ring (bicyclic) bond motifs is 3. The molecule has 1 N–H and O–H groups in total. The van der Waals surface area contributed by atoms with Crippen molar-refractivity contribution in [2.45, 2.75) is 12.3 Å². The predicted molar refractivity (Wildman–Crippen MR) is 99.7 cm³/mol. The minimum Gasteiger partial charge on any atom is -0.387 e. The zero-order valence-corrected chi connectivity index (χ0v) is 14.0. The quantitative estimate of drug-likeness (QED) is 0.613. The topological polar surface area (TPSA) is 12.0 Å². The molecule has 1 aliphatic rings. The summed E-state index contributed by atoms with van der Waals surface area (Å²) in [5, 5.41) is 4.70. The molecule has 110 valence electrons. The van der Waals surface area contributed by atoms with Gasteiger partial charge in [0.25, 0.3) is 0 Å². The van der Waals surface area contributed by atoms with Crippen LogP contribution in [0.5, 0.6) is 0 Å². The second-order valence-corrected chi connectivity index (χ2v) is 7.20. The van der Waals surface area contributed by atoms with Gasteiger partial charge in [0.2, 0.25) is 0 Å². The third-order valence-electron chi connectivity index (χ3n) is 4.33. The van der Waals surface area contributed by atoms with E-state index >= 15 is 0 Å². The van der Waals surface area contributed by atoms with E-state index in [-0.39, 0.29) is 0 Å². The van der Waals surface area contributed by atoms with Gasteiger partial charge in [-0.2, -0.15) is 0 Å². The molecular formula is C19H17NS2. The van der Waals surface area contributed by atoms with Crippen LogP contribution in [0.25, 0.3) is 15.8 Å². The molecule has 1 heterocycles. The molecule has 1 aliphatic carbocycles. The van der Waals surface area contributed by atoms with Crippen LogP contribution < -0.4 is 5.32 Å². The maximum atomic E-state index is 4.79. The Balaban J connectivity index is 2.00. The van der Waals surface area contributed by atoms with E-state index in [9.17, 15) is 0 Å². The Bertz CT molecular complexity index is 862. The lowest BCUT2D eigenvalue weighted by molar-refractivity contribution is 0.818. The number of thiol groups is 1. The van der Waals surface area contributed by atoms with E-state index in [0.717, 1.165) is 11.3 Å². The molecule has 2 aromatic carbocycles. The average molecular weight is 323 g/mol. The monoisotopic (exact) mass is 323 g/mol. The first-order valence-corrected chi connectivity index (χ1v) is 8.72. The van der Waals surface area contributed by atoms with Crippen molar-refractivity contribution in [2.75, 3.05) is 7.05 Å². The Labute approximate surface area is 140 Å². The molecule has 0 saturated heterocycles. The highest BCUT2D eigenvalue weighted by molar-refractivity contribution is 7.84. The number of thiophene rings is 1. The normalized spacial score (nSPS) is 17.6. The van der Waals surface area contributed by atoms with Crippen molar-refractivity contribution < 1.29 is 0 Å². The van der Waals surface area contributed by atoms with Gasteiger partial charge in [-0.3, -0.25) is 0 Å². The SMILES string of the molecule is CNC1=C(S)CC(c2ccccc2)c2sc3ccccc3c21. The Morgan fingerprint density at radius 1 is 1.05 bits per heavy atom. The summed E-state index contributed by atoms with van der Waals surface area (Å²) in [6, 6.07) is 19.4. The molecule has 1 nitrogen and oxygen atoms in total. The number of hydrogen-bond donors (Lipinski definition) is 2. The number of hydrogen-bond acceptors (Lipinski definition) is 3. The highest BCUT2D eigenvalue weighted by atomic mass is 32.1. The highest BCUT2D eigenvalue weighted by Gasteiger charge is 2.29. The maximum absolute atomic E-state index is 4.79. The summed E-state index contributed by atoms with van der Waals surface area (Å²) in [5.41, 5.74) is 3.90. The van der Waals surface area contributed by atoms with Gasteiger partial charge in [-0.15, -0.1) is 24.0 Å². The lowest BCUT2D eigenvalue weighted by Gasteiger charge is -2.26. The summed E-state index contributed by atoms with van der Waals surface area (Å²) >= 11 is 6.71. The minimum atomic E-state index is 0.401. The third kappa shape index (κ3) is 2.08. The Morgan fingerprint density at radius 3 is 2.55 bits per heavy atom. The molecular weight excluding hydrogens is 306 g/mol. The molecule has 0 bridgehead atoms. The van der Waals surface area contributed by atoms with Crippen LogP contribution in [0.4, 0.5) is 0 Å². The fraction of sp³-hybridized carbons (Fsp3) is 0.158. The molecule has 0 amide bonds. The lowest BCUT2D eigenvalue weighted by atomic mass is 9.85.